The van der Waals surface area contributed by atoms with E-state index in [1.807, 2.05) is 11.3 Å². The zero-order valence-electron chi connectivity index (χ0n) is 22.9. The second-order valence-corrected chi connectivity index (χ2v) is 11.7. The molecule has 0 radical (unpaired) electrons. The summed E-state index contributed by atoms with van der Waals surface area (Å²) in [4.78, 5) is 2.44. The molecule has 198 valence electrons. The van der Waals surface area contributed by atoms with Crippen LogP contribution in [0, 0.1) is 0 Å². The summed E-state index contributed by atoms with van der Waals surface area (Å²) < 4.78 is 2.61. The highest BCUT2D eigenvalue weighted by Gasteiger charge is 2.20. The van der Waals surface area contributed by atoms with E-state index in [2.05, 4.69) is 169 Å². The fraction of sp³-hybridized carbons (Fsp3) is 0. The minimum atomic E-state index is 1.13. The fourth-order valence-corrected chi connectivity index (χ4v) is 7.24. The molecule has 0 aliphatic rings. The van der Waals surface area contributed by atoms with Crippen LogP contribution >= 0.6 is 11.3 Å². The molecule has 1 nitrogen and oxygen atoms in total. The van der Waals surface area contributed by atoms with Crippen molar-refractivity contribution in [2.45, 2.75) is 0 Å². The first-order chi connectivity index (χ1) is 20.8. The third-order valence-corrected chi connectivity index (χ3v) is 9.15. The molecule has 0 atom stereocenters. The van der Waals surface area contributed by atoms with Gasteiger partial charge in [0.25, 0.3) is 0 Å². The molecule has 8 rings (SSSR count). The van der Waals surface area contributed by atoms with Gasteiger partial charge in [-0.2, -0.15) is 0 Å². The second kappa shape index (κ2) is 10.3. The van der Waals surface area contributed by atoms with Crippen LogP contribution in [0.15, 0.2) is 164 Å². The maximum absolute atomic E-state index is 2.44. The lowest BCUT2D eigenvalue weighted by Crippen LogP contribution is -2.10. The van der Waals surface area contributed by atoms with Crippen molar-refractivity contribution in [3.63, 3.8) is 0 Å². The lowest BCUT2D eigenvalue weighted by atomic mass is 10.0. The number of hydrogen-bond acceptors (Lipinski definition) is 2. The molecule has 0 amide bonds. The van der Waals surface area contributed by atoms with Crippen molar-refractivity contribution in [1.29, 1.82) is 0 Å². The molecule has 1 aromatic heterocycles. The Morgan fingerprint density at radius 1 is 0.381 bits per heavy atom. The number of benzene rings is 7. The molecule has 1 heterocycles. The normalized spacial score (nSPS) is 11.3. The Kier molecular flexibility index (Phi) is 6.05. The van der Waals surface area contributed by atoms with E-state index in [-0.39, 0.29) is 0 Å². The molecule has 0 saturated heterocycles. The molecule has 2 heteroatoms. The van der Waals surface area contributed by atoms with E-state index in [4.69, 9.17) is 0 Å². The molecule has 0 spiro atoms. The Morgan fingerprint density at radius 3 is 1.60 bits per heavy atom. The van der Waals surface area contributed by atoms with Crippen LogP contribution in [-0.4, -0.2) is 0 Å². The molecule has 0 saturated carbocycles. The zero-order valence-corrected chi connectivity index (χ0v) is 23.8. The minimum absolute atomic E-state index is 1.13. The fourth-order valence-electron chi connectivity index (χ4n) is 6.09. The van der Waals surface area contributed by atoms with Gasteiger partial charge in [0.05, 0.1) is 5.69 Å². The van der Waals surface area contributed by atoms with E-state index in [9.17, 15) is 0 Å². The summed E-state index contributed by atoms with van der Waals surface area (Å²) in [5.41, 5.74) is 8.27. The largest absolute Gasteiger partial charge is 0.310 e. The van der Waals surface area contributed by atoms with Crippen LogP contribution in [0.25, 0.3) is 53.2 Å². The molecule has 8 aromatic rings. The van der Waals surface area contributed by atoms with E-state index < -0.39 is 0 Å². The Hall–Kier alpha value is -5.18. The Labute approximate surface area is 249 Å². The first-order valence-electron chi connectivity index (χ1n) is 14.3. The summed E-state index contributed by atoms with van der Waals surface area (Å²) in [5, 5.41) is 5.18. The van der Waals surface area contributed by atoms with Gasteiger partial charge in [-0.15, -0.1) is 11.3 Å². The Morgan fingerprint density at radius 2 is 0.929 bits per heavy atom. The Balaban J connectivity index is 1.42. The van der Waals surface area contributed by atoms with Gasteiger partial charge in [0.2, 0.25) is 0 Å². The molecule has 7 aromatic carbocycles. The van der Waals surface area contributed by atoms with Crippen molar-refractivity contribution in [3.8, 4) is 22.3 Å². The molecular formula is C40H27NS. The molecule has 0 bridgehead atoms. The topological polar surface area (TPSA) is 3.24 Å². The quantitative estimate of drug-likeness (QED) is 0.205. The van der Waals surface area contributed by atoms with Gasteiger partial charge in [-0.3, -0.25) is 0 Å². The molecule has 0 N–H and O–H groups in total. The first-order valence-corrected chi connectivity index (χ1v) is 15.1. The van der Waals surface area contributed by atoms with Crippen molar-refractivity contribution in [1.82, 2.24) is 0 Å². The van der Waals surface area contributed by atoms with Gasteiger partial charge in [0.1, 0.15) is 0 Å². The number of rotatable bonds is 5. The highest BCUT2D eigenvalue weighted by molar-refractivity contribution is 7.26. The predicted octanol–water partition coefficient (Wildman–Crippen LogP) is 12.0. The average molecular weight is 554 g/mol. The SMILES string of the molecule is c1ccc(-c2cccc(N(c3cccc(-c4ccccc4)c3)c3cccc4sc5ccc6ccccc6c5c34)c2)cc1. The van der Waals surface area contributed by atoms with Gasteiger partial charge >= 0.3 is 0 Å². The van der Waals surface area contributed by atoms with E-state index in [1.54, 1.807) is 0 Å². The summed E-state index contributed by atoms with van der Waals surface area (Å²) in [7, 11) is 0. The van der Waals surface area contributed by atoms with Crippen LogP contribution in [0.4, 0.5) is 17.1 Å². The van der Waals surface area contributed by atoms with Crippen molar-refractivity contribution in [2.24, 2.45) is 0 Å². The number of hydrogen-bond donors (Lipinski definition) is 0. The molecule has 0 aliphatic carbocycles. The number of thiophene rings is 1. The van der Waals surface area contributed by atoms with E-state index in [1.165, 1.54) is 58.9 Å². The van der Waals surface area contributed by atoms with Crippen molar-refractivity contribution < 1.29 is 0 Å². The van der Waals surface area contributed by atoms with Gasteiger partial charge in [0.15, 0.2) is 0 Å². The van der Waals surface area contributed by atoms with E-state index >= 15 is 0 Å². The third kappa shape index (κ3) is 4.25. The van der Waals surface area contributed by atoms with E-state index in [0.717, 1.165) is 11.4 Å². The molecule has 0 aliphatic heterocycles. The highest BCUT2D eigenvalue weighted by atomic mass is 32.1. The lowest BCUT2D eigenvalue weighted by Gasteiger charge is -2.27. The zero-order chi connectivity index (χ0) is 27.9. The van der Waals surface area contributed by atoms with Gasteiger partial charge in [-0.1, -0.05) is 121 Å². The highest BCUT2D eigenvalue weighted by Crippen LogP contribution is 2.47. The average Bonchev–Trinajstić information content (AvgIpc) is 3.46. The van der Waals surface area contributed by atoms with Gasteiger partial charge < -0.3 is 4.90 Å². The summed E-state index contributed by atoms with van der Waals surface area (Å²) >= 11 is 1.87. The maximum atomic E-state index is 2.44. The third-order valence-electron chi connectivity index (χ3n) is 8.03. The second-order valence-electron chi connectivity index (χ2n) is 10.6. The van der Waals surface area contributed by atoms with Gasteiger partial charge in [0, 0.05) is 31.5 Å². The predicted molar refractivity (Wildman–Crippen MR) is 182 cm³/mol. The monoisotopic (exact) mass is 553 g/mol. The smallest absolute Gasteiger partial charge is 0.0555 e. The summed E-state index contributed by atoms with van der Waals surface area (Å²) in [6.45, 7) is 0. The minimum Gasteiger partial charge on any atom is -0.310 e. The first kappa shape index (κ1) is 24.6. The molecular weight excluding hydrogens is 527 g/mol. The lowest BCUT2D eigenvalue weighted by molar-refractivity contribution is 1.30. The molecule has 42 heavy (non-hydrogen) atoms. The summed E-state index contributed by atoms with van der Waals surface area (Å²) in [6, 6.07) is 59.1. The molecule has 0 unspecified atom stereocenters. The van der Waals surface area contributed by atoms with Crippen molar-refractivity contribution in [2.75, 3.05) is 4.90 Å². The van der Waals surface area contributed by atoms with Gasteiger partial charge in [-0.05, 0) is 75.5 Å². The number of nitrogens with zero attached hydrogens (tertiary/aromatic N) is 1. The van der Waals surface area contributed by atoms with Crippen LogP contribution in [0.3, 0.4) is 0 Å². The van der Waals surface area contributed by atoms with Gasteiger partial charge in [-0.25, -0.2) is 0 Å². The standard InChI is InChI=1S/C40H27NS/c1-3-12-28(13-4-1)31-17-9-19-33(26-31)41(34-20-10-18-32(27-34)29-14-5-2-6-15-29)36-22-11-23-37-40(36)39-35-21-8-7-16-30(35)24-25-38(39)42-37/h1-27H. The van der Waals surface area contributed by atoms with Crippen LogP contribution in [-0.2, 0) is 0 Å². The van der Waals surface area contributed by atoms with Crippen LogP contribution < -0.4 is 4.90 Å². The maximum Gasteiger partial charge on any atom is 0.0555 e. The molecule has 0 fully saturated rings. The van der Waals surface area contributed by atoms with Crippen LogP contribution in [0.2, 0.25) is 0 Å². The van der Waals surface area contributed by atoms with Crippen LogP contribution in [0.5, 0.6) is 0 Å². The summed E-state index contributed by atoms with van der Waals surface area (Å²) in [5.74, 6) is 0. The number of fused-ring (bicyclic) bond motifs is 5. The van der Waals surface area contributed by atoms with Crippen molar-refractivity contribution in [3.05, 3.63) is 164 Å². The number of anilines is 3. The van der Waals surface area contributed by atoms with E-state index in [0.29, 0.717) is 0 Å². The summed E-state index contributed by atoms with van der Waals surface area (Å²) in [6.07, 6.45) is 0. The van der Waals surface area contributed by atoms with Crippen molar-refractivity contribution >= 4 is 59.3 Å². The Bertz CT molecular complexity index is 2110. The van der Waals surface area contributed by atoms with Crippen LogP contribution in [0.1, 0.15) is 0 Å².